The van der Waals surface area contributed by atoms with Crippen LogP contribution in [0.15, 0.2) is 18.2 Å². The van der Waals surface area contributed by atoms with Gasteiger partial charge in [-0.15, -0.1) is 0 Å². The van der Waals surface area contributed by atoms with E-state index in [1.165, 1.54) is 11.1 Å². The van der Waals surface area contributed by atoms with E-state index in [0.29, 0.717) is 13.0 Å². The summed E-state index contributed by atoms with van der Waals surface area (Å²) in [5.41, 5.74) is 10.1. The zero-order valence-electron chi connectivity index (χ0n) is 10.7. The molecule has 2 aromatic rings. The topological polar surface area (TPSA) is 51.2 Å². The summed E-state index contributed by atoms with van der Waals surface area (Å²) in [6.45, 7) is 4.63. The van der Waals surface area contributed by atoms with Crippen molar-refractivity contribution in [2.45, 2.75) is 26.4 Å². The van der Waals surface area contributed by atoms with Crippen LogP contribution >= 0.6 is 0 Å². The molecule has 0 fully saturated rings. The molecule has 0 radical (unpaired) electrons. The smallest absolute Gasteiger partial charge is 0.0825 e. The molecule has 1 aromatic carbocycles. The minimum atomic E-state index is -0.466. The van der Waals surface area contributed by atoms with E-state index in [2.05, 4.69) is 29.7 Å². The van der Waals surface area contributed by atoms with Gasteiger partial charge in [-0.05, 0) is 38.4 Å². The van der Waals surface area contributed by atoms with Crippen molar-refractivity contribution < 1.29 is 5.11 Å². The first-order valence-corrected chi connectivity index (χ1v) is 6.00. The van der Waals surface area contributed by atoms with Gasteiger partial charge in [-0.2, -0.15) is 0 Å². The van der Waals surface area contributed by atoms with Gasteiger partial charge in [0.05, 0.1) is 6.10 Å². The highest BCUT2D eigenvalue weighted by atomic mass is 16.3. The highest BCUT2D eigenvalue weighted by Gasteiger charge is 2.18. The summed E-state index contributed by atoms with van der Waals surface area (Å²) in [5, 5.41) is 11.3. The van der Waals surface area contributed by atoms with Gasteiger partial charge < -0.3 is 15.4 Å². The zero-order valence-corrected chi connectivity index (χ0v) is 10.7. The molecule has 0 aliphatic rings. The highest BCUT2D eigenvalue weighted by molar-refractivity contribution is 5.86. The van der Waals surface area contributed by atoms with Gasteiger partial charge >= 0.3 is 0 Å². The molecule has 3 nitrogen and oxygen atoms in total. The number of nitrogens with zero attached hydrogens (tertiary/aromatic N) is 1. The van der Waals surface area contributed by atoms with E-state index in [1.54, 1.807) is 0 Å². The predicted molar refractivity (Wildman–Crippen MR) is 71.0 cm³/mol. The van der Waals surface area contributed by atoms with Crippen LogP contribution in [0.25, 0.3) is 10.9 Å². The Morgan fingerprint density at radius 3 is 2.71 bits per heavy atom. The quantitative estimate of drug-likeness (QED) is 0.852. The van der Waals surface area contributed by atoms with Gasteiger partial charge in [0.25, 0.3) is 0 Å². The van der Waals surface area contributed by atoms with E-state index < -0.39 is 6.10 Å². The summed E-state index contributed by atoms with van der Waals surface area (Å²) in [4.78, 5) is 0. The summed E-state index contributed by atoms with van der Waals surface area (Å²) < 4.78 is 2.14. The van der Waals surface area contributed by atoms with E-state index in [9.17, 15) is 5.11 Å². The van der Waals surface area contributed by atoms with Crippen molar-refractivity contribution in [3.63, 3.8) is 0 Å². The average molecular weight is 232 g/mol. The number of aliphatic hydroxyl groups is 1. The summed E-state index contributed by atoms with van der Waals surface area (Å²) in [6.07, 6.45) is 0.139. The molecule has 1 heterocycles. The molecule has 0 amide bonds. The van der Waals surface area contributed by atoms with Gasteiger partial charge in [0.1, 0.15) is 0 Å². The second-order valence-electron chi connectivity index (χ2n) is 4.67. The van der Waals surface area contributed by atoms with Gasteiger partial charge in [-0.25, -0.2) is 0 Å². The third-order valence-corrected chi connectivity index (χ3v) is 3.47. The molecule has 0 aliphatic heterocycles. The molecule has 0 spiro atoms. The maximum absolute atomic E-state index is 10.2. The number of nitrogens with two attached hydrogens (primary N) is 1. The second kappa shape index (κ2) is 4.51. The van der Waals surface area contributed by atoms with E-state index >= 15 is 0 Å². The average Bonchev–Trinajstić information content (AvgIpc) is 2.53. The zero-order chi connectivity index (χ0) is 12.6. The van der Waals surface area contributed by atoms with Crippen LogP contribution in [0.5, 0.6) is 0 Å². The Kier molecular flexibility index (Phi) is 3.22. The SMILES string of the molecule is Cc1ccc2c(C(O)CCN)c(C)n(C)c2c1. The van der Waals surface area contributed by atoms with Crippen molar-refractivity contribution in [3.8, 4) is 0 Å². The number of hydrogen-bond donors (Lipinski definition) is 2. The van der Waals surface area contributed by atoms with Gasteiger partial charge in [-0.1, -0.05) is 12.1 Å². The van der Waals surface area contributed by atoms with Gasteiger partial charge in [0.15, 0.2) is 0 Å². The Labute approximate surface area is 102 Å². The Morgan fingerprint density at radius 1 is 1.35 bits per heavy atom. The molecular formula is C14H20N2O. The molecule has 1 unspecified atom stereocenters. The summed E-state index contributed by atoms with van der Waals surface area (Å²) in [7, 11) is 2.04. The third-order valence-electron chi connectivity index (χ3n) is 3.47. The minimum absolute atomic E-state index is 0.466. The molecule has 1 aromatic heterocycles. The van der Waals surface area contributed by atoms with Crippen LogP contribution in [-0.4, -0.2) is 16.2 Å². The molecule has 3 N–H and O–H groups in total. The lowest BCUT2D eigenvalue weighted by molar-refractivity contribution is 0.171. The molecule has 2 rings (SSSR count). The van der Waals surface area contributed by atoms with Crippen molar-refractivity contribution in [2.24, 2.45) is 12.8 Å². The number of aryl methyl sites for hydroxylation is 2. The normalized spacial score (nSPS) is 13.2. The van der Waals surface area contributed by atoms with Crippen LogP contribution in [0.3, 0.4) is 0 Å². The Morgan fingerprint density at radius 2 is 2.06 bits per heavy atom. The lowest BCUT2D eigenvalue weighted by Crippen LogP contribution is -2.07. The van der Waals surface area contributed by atoms with Crippen molar-refractivity contribution >= 4 is 10.9 Å². The number of fused-ring (bicyclic) bond motifs is 1. The number of aliphatic hydroxyl groups excluding tert-OH is 1. The first kappa shape index (κ1) is 12.1. The summed E-state index contributed by atoms with van der Waals surface area (Å²) in [6, 6.07) is 6.33. The number of aromatic nitrogens is 1. The van der Waals surface area contributed by atoms with Gasteiger partial charge in [0, 0.05) is 29.2 Å². The molecule has 0 saturated carbocycles. The Bertz CT molecular complexity index is 543. The largest absolute Gasteiger partial charge is 0.388 e. The molecule has 3 heteroatoms. The van der Waals surface area contributed by atoms with Gasteiger partial charge in [-0.3, -0.25) is 0 Å². The van der Waals surface area contributed by atoms with E-state index in [4.69, 9.17) is 5.73 Å². The maximum Gasteiger partial charge on any atom is 0.0825 e. The van der Waals surface area contributed by atoms with Crippen molar-refractivity contribution in [3.05, 3.63) is 35.0 Å². The molecular weight excluding hydrogens is 212 g/mol. The third kappa shape index (κ3) is 1.96. The fraction of sp³-hybridized carbons (Fsp3) is 0.429. The van der Waals surface area contributed by atoms with Crippen LogP contribution < -0.4 is 5.73 Å². The van der Waals surface area contributed by atoms with E-state index in [1.807, 2.05) is 14.0 Å². The molecule has 92 valence electrons. The van der Waals surface area contributed by atoms with Crippen LogP contribution in [0.2, 0.25) is 0 Å². The molecule has 17 heavy (non-hydrogen) atoms. The standard InChI is InChI=1S/C14H20N2O/c1-9-4-5-11-12(8-9)16(3)10(2)14(11)13(17)6-7-15/h4-5,8,13,17H,6-7,15H2,1-3H3. The molecule has 0 aliphatic carbocycles. The van der Waals surface area contributed by atoms with Crippen LogP contribution in [0, 0.1) is 13.8 Å². The van der Waals surface area contributed by atoms with E-state index in [0.717, 1.165) is 16.6 Å². The van der Waals surface area contributed by atoms with Crippen molar-refractivity contribution in [2.75, 3.05) is 6.54 Å². The minimum Gasteiger partial charge on any atom is -0.388 e. The van der Waals surface area contributed by atoms with Gasteiger partial charge in [0.2, 0.25) is 0 Å². The first-order chi connectivity index (χ1) is 8.06. The number of hydrogen-bond acceptors (Lipinski definition) is 2. The maximum atomic E-state index is 10.2. The Balaban J connectivity index is 2.66. The monoisotopic (exact) mass is 232 g/mol. The van der Waals surface area contributed by atoms with Crippen molar-refractivity contribution in [1.82, 2.24) is 4.57 Å². The highest BCUT2D eigenvalue weighted by Crippen LogP contribution is 2.31. The fourth-order valence-electron chi connectivity index (χ4n) is 2.43. The van der Waals surface area contributed by atoms with Crippen LogP contribution in [0.1, 0.15) is 29.3 Å². The summed E-state index contributed by atoms with van der Waals surface area (Å²) >= 11 is 0. The number of benzene rings is 1. The first-order valence-electron chi connectivity index (χ1n) is 6.00. The van der Waals surface area contributed by atoms with Crippen LogP contribution in [-0.2, 0) is 7.05 Å². The summed E-state index contributed by atoms with van der Waals surface area (Å²) in [5.74, 6) is 0. The lowest BCUT2D eigenvalue weighted by atomic mass is 10.0. The molecule has 0 saturated heterocycles. The van der Waals surface area contributed by atoms with Crippen LogP contribution in [0.4, 0.5) is 0 Å². The predicted octanol–water partition coefficient (Wildman–Crippen LogP) is 2.18. The fourth-order valence-corrected chi connectivity index (χ4v) is 2.43. The Hall–Kier alpha value is -1.32. The lowest BCUT2D eigenvalue weighted by Gasteiger charge is -2.10. The molecule has 1 atom stereocenters. The van der Waals surface area contributed by atoms with E-state index in [-0.39, 0.29) is 0 Å². The number of rotatable bonds is 3. The second-order valence-corrected chi connectivity index (χ2v) is 4.67. The van der Waals surface area contributed by atoms with Crippen molar-refractivity contribution in [1.29, 1.82) is 0 Å². The molecule has 0 bridgehead atoms.